The summed E-state index contributed by atoms with van der Waals surface area (Å²) in [6, 6.07) is 32.4. The van der Waals surface area contributed by atoms with Crippen LogP contribution in [0.25, 0.3) is 0 Å². The van der Waals surface area contributed by atoms with Crippen molar-refractivity contribution in [2.75, 3.05) is 4.90 Å². The van der Waals surface area contributed by atoms with Crippen molar-refractivity contribution in [3.8, 4) is 18.2 Å². The summed E-state index contributed by atoms with van der Waals surface area (Å²) in [6.45, 7) is 0. The maximum absolute atomic E-state index is 14.8. The Kier molecular flexibility index (Phi) is 6.62. The predicted molar refractivity (Wildman–Crippen MR) is 156 cm³/mol. The minimum atomic E-state index is -2.73. The van der Waals surface area contributed by atoms with Crippen LogP contribution < -0.4 is 4.90 Å². The molecular weight excluding hydrogens is 560 g/mol. The first-order valence-electron chi connectivity index (χ1n) is 13.7. The minimum Gasteiger partial charge on any atom is -0.377 e. The van der Waals surface area contributed by atoms with Crippen LogP contribution in [0.4, 0.5) is 14.5 Å². The van der Waals surface area contributed by atoms with Gasteiger partial charge in [0.1, 0.15) is 17.5 Å². The Labute approximate surface area is 252 Å². The van der Waals surface area contributed by atoms with Gasteiger partial charge in [-0.1, -0.05) is 72.8 Å². The first-order chi connectivity index (χ1) is 21.2. The zero-order valence-electron chi connectivity index (χ0n) is 23.0. The van der Waals surface area contributed by atoms with Crippen LogP contribution in [0.15, 0.2) is 109 Å². The smallest absolute Gasteiger partial charge is 0.267 e. The van der Waals surface area contributed by atoms with Gasteiger partial charge in [-0.3, -0.25) is 15.1 Å². The molecule has 1 saturated carbocycles. The monoisotopic (exact) mass is 583 g/mol. The summed E-state index contributed by atoms with van der Waals surface area (Å²) in [7, 11) is 0. The number of carbonyl (C=O) groups excluding carboxylic acids is 1. The van der Waals surface area contributed by atoms with Crippen molar-refractivity contribution in [2.24, 2.45) is 10.8 Å². The maximum atomic E-state index is 14.8. The summed E-state index contributed by atoms with van der Waals surface area (Å²) in [5.74, 6) is -7.24. The number of halogens is 2. The first kappa shape index (κ1) is 28.4. The van der Waals surface area contributed by atoms with Gasteiger partial charge < -0.3 is 5.11 Å². The number of anilines is 1. The van der Waals surface area contributed by atoms with Crippen molar-refractivity contribution in [3.63, 3.8) is 0 Å². The highest BCUT2D eigenvalue weighted by atomic mass is 19.1. The molecule has 7 nitrogen and oxygen atoms in total. The van der Waals surface area contributed by atoms with E-state index in [4.69, 9.17) is 0 Å². The van der Waals surface area contributed by atoms with Gasteiger partial charge in [-0.25, -0.2) is 8.78 Å². The Balaban J connectivity index is 1.81. The van der Waals surface area contributed by atoms with Crippen LogP contribution in [0.2, 0.25) is 0 Å². The average Bonchev–Trinajstić information content (AvgIpc) is 3.23. The fraction of sp³-hybridized carbons (Fsp3) is 0.171. The predicted octanol–water partition coefficient (Wildman–Crippen LogP) is 5.93. The number of nitriles is 3. The Morgan fingerprint density at radius 1 is 0.682 bits per heavy atom. The third-order valence-electron chi connectivity index (χ3n) is 9.04. The molecule has 9 heteroatoms. The summed E-state index contributed by atoms with van der Waals surface area (Å²) in [5.41, 5.74) is -6.61. The van der Waals surface area contributed by atoms with Crippen molar-refractivity contribution in [3.05, 3.63) is 138 Å². The molecule has 2 aliphatic rings. The van der Waals surface area contributed by atoms with Crippen LogP contribution in [0, 0.1) is 61.9 Å². The second-order valence-corrected chi connectivity index (χ2v) is 11.0. The molecule has 1 amide bonds. The van der Waals surface area contributed by atoms with Crippen molar-refractivity contribution in [1.29, 1.82) is 21.2 Å². The van der Waals surface area contributed by atoms with Crippen molar-refractivity contribution in [1.82, 2.24) is 0 Å². The molecule has 2 N–H and O–H groups in total. The number of rotatable bonds is 4. The summed E-state index contributed by atoms with van der Waals surface area (Å²) in [6.07, 6.45) is 0. The van der Waals surface area contributed by atoms with E-state index >= 15 is 0 Å². The first-order valence-corrected chi connectivity index (χ1v) is 13.7. The van der Waals surface area contributed by atoms with Crippen molar-refractivity contribution in [2.45, 2.75) is 23.4 Å². The minimum absolute atomic E-state index is 0.0977. The quantitative estimate of drug-likeness (QED) is 0.307. The van der Waals surface area contributed by atoms with Crippen LogP contribution >= 0.6 is 0 Å². The molecule has 1 heterocycles. The topological polar surface area (TPSA) is 136 Å². The number of aliphatic hydroxyl groups is 1. The van der Waals surface area contributed by atoms with Crippen LogP contribution in [-0.2, 0) is 4.79 Å². The summed E-state index contributed by atoms with van der Waals surface area (Å²) < 4.78 is 28.5. The number of amidine groups is 1. The molecule has 0 unspecified atom stereocenters. The Bertz CT molecular complexity index is 1880. The van der Waals surface area contributed by atoms with Gasteiger partial charge in [0.15, 0.2) is 16.4 Å². The van der Waals surface area contributed by atoms with Gasteiger partial charge in [-0.2, -0.15) is 15.8 Å². The molecule has 6 rings (SSSR count). The van der Waals surface area contributed by atoms with Crippen LogP contribution in [0.5, 0.6) is 0 Å². The lowest BCUT2D eigenvalue weighted by Crippen LogP contribution is -2.67. The lowest BCUT2D eigenvalue weighted by Gasteiger charge is -2.57. The number of para-hydroxylation sites is 1. The van der Waals surface area contributed by atoms with Crippen molar-refractivity contribution >= 4 is 17.4 Å². The number of hydrogen-bond donors (Lipinski definition) is 2. The fourth-order valence-corrected chi connectivity index (χ4v) is 7.26. The molecule has 4 aromatic rings. The zero-order valence-corrected chi connectivity index (χ0v) is 23.0. The highest BCUT2D eigenvalue weighted by molar-refractivity contribution is 6.29. The molecule has 0 aromatic heterocycles. The molecule has 0 radical (unpaired) electrons. The Morgan fingerprint density at radius 3 is 1.66 bits per heavy atom. The fourth-order valence-electron chi connectivity index (χ4n) is 7.26. The average molecular weight is 584 g/mol. The molecule has 1 saturated heterocycles. The van der Waals surface area contributed by atoms with E-state index in [9.17, 15) is 39.9 Å². The highest BCUT2D eigenvalue weighted by Crippen LogP contribution is 2.72. The molecule has 5 atom stereocenters. The molecule has 44 heavy (non-hydrogen) atoms. The van der Waals surface area contributed by atoms with Gasteiger partial charge in [-0.15, -0.1) is 0 Å². The van der Waals surface area contributed by atoms with E-state index in [1.54, 1.807) is 60.7 Å². The van der Waals surface area contributed by atoms with Crippen LogP contribution in [0.1, 0.15) is 34.4 Å². The Morgan fingerprint density at radius 2 is 1.16 bits per heavy atom. The van der Waals surface area contributed by atoms with E-state index < -0.39 is 57.6 Å². The highest BCUT2D eigenvalue weighted by Gasteiger charge is 2.82. The molecule has 0 bridgehead atoms. The molecule has 4 aromatic carbocycles. The second kappa shape index (κ2) is 10.2. The number of fused-ring (bicyclic) bond motifs is 1. The van der Waals surface area contributed by atoms with E-state index in [0.29, 0.717) is 5.56 Å². The second-order valence-electron chi connectivity index (χ2n) is 11.0. The van der Waals surface area contributed by atoms with E-state index in [1.165, 1.54) is 24.3 Å². The van der Waals surface area contributed by atoms with Gasteiger partial charge in [0.2, 0.25) is 0 Å². The Hall–Kier alpha value is -5.69. The zero-order chi connectivity index (χ0) is 31.3. The number of nitrogens with zero attached hydrogens (tertiary/aromatic N) is 4. The van der Waals surface area contributed by atoms with Gasteiger partial charge in [0.05, 0.1) is 23.9 Å². The number of hydrogen-bond acceptors (Lipinski definition) is 6. The van der Waals surface area contributed by atoms with Crippen molar-refractivity contribution < 1.29 is 18.7 Å². The van der Waals surface area contributed by atoms with E-state index in [-0.39, 0.29) is 16.8 Å². The molecular formula is C35H23F2N5O2. The summed E-state index contributed by atoms with van der Waals surface area (Å²) >= 11 is 0. The number of nitrogens with one attached hydrogen (secondary N) is 1. The van der Waals surface area contributed by atoms with E-state index in [2.05, 4.69) is 18.2 Å². The van der Waals surface area contributed by atoms with Crippen LogP contribution in [0.3, 0.4) is 0 Å². The van der Waals surface area contributed by atoms with E-state index in [1.807, 2.05) is 0 Å². The number of carbonyl (C=O) groups is 1. The van der Waals surface area contributed by atoms with E-state index in [0.717, 1.165) is 29.2 Å². The maximum Gasteiger partial charge on any atom is 0.267 e. The summed E-state index contributed by atoms with van der Waals surface area (Å²) in [5, 5.41) is 55.8. The third-order valence-corrected chi connectivity index (χ3v) is 9.04. The molecule has 0 spiro atoms. The normalized spacial score (nSPS) is 27.1. The lowest BCUT2D eigenvalue weighted by molar-refractivity contribution is -0.154. The molecule has 2 fully saturated rings. The third kappa shape index (κ3) is 3.59. The molecule has 1 aliphatic heterocycles. The van der Waals surface area contributed by atoms with Gasteiger partial charge in [0.25, 0.3) is 5.91 Å². The number of benzene rings is 4. The van der Waals surface area contributed by atoms with Crippen LogP contribution in [-0.4, -0.2) is 22.5 Å². The standard InChI is InChI=1S/C35H23F2N5O2/c36-25-15-11-23(12-16-25)28-29(22-7-3-1-4-8-22)35(44)32(43)42(27-9-5-2-6-10-27)31(41)34(35,21-40)30(33(28,19-38)20-39)24-13-17-26(37)18-14-24/h1-18,28-30,41,44H/t28-,29-,30+,34+,35+/m0/s1. The largest absolute Gasteiger partial charge is 0.377 e. The lowest BCUT2D eigenvalue weighted by atomic mass is 9.40. The number of amides is 1. The molecule has 214 valence electrons. The van der Waals surface area contributed by atoms with Gasteiger partial charge in [0, 0.05) is 17.8 Å². The van der Waals surface area contributed by atoms with Gasteiger partial charge >= 0.3 is 0 Å². The SMILES string of the molecule is N#CC1(C#N)[C@@H](c2ccc(F)cc2)[C@]2(C#N)C(=N)N(c3ccccc3)C(=O)[C@]2(O)[C@@H](c2ccccc2)[C@@H]1c1ccc(F)cc1. The molecule has 1 aliphatic carbocycles. The van der Waals surface area contributed by atoms with Gasteiger partial charge in [-0.05, 0) is 53.1 Å². The summed E-state index contributed by atoms with van der Waals surface area (Å²) in [4.78, 5) is 15.7.